The van der Waals surface area contributed by atoms with Crippen LogP contribution in [0.2, 0.25) is 5.02 Å². The minimum Gasteiger partial charge on any atom is -0.311 e. The summed E-state index contributed by atoms with van der Waals surface area (Å²) in [5, 5.41) is 0.511. The molecule has 4 nitrogen and oxygen atoms in total. The van der Waals surface area contributed by atoms with Crippen LogP contribution in [0.5, 0.6) is 0 Å². The number of thioether (sulfide) groups is 1. The van der Waals surface area contributed by atoms with Crippen molar-refractivity contribution >= 4 is 40.9 Å². The lowest BCUT2D eigenvalue weighted by atomic mass is 10.0. The fourth-order valence-electron chi connectivity index (χ4n) is 4.32. The summed E-state index contributed by atoms with van der Waals surface area (Å²) in [7, 11) is 0. The van der Waals surface area contributed by atoms with Crippen molar-refractivity contribution in [3.8, 4) is 0 Å². The van der Waals surface area contributed by atoms with E-state index in [1.807, 2.05) is 12.1 Å². The average molecular weight is 471 g/mol. The van der Waals surface area contributed by atoms with Crippen LogP contribution < -0.4 is 4.90 Å². The number of hydrogen-bond donors (Lipinski definition) is 0. The molecule has 0 radical (unpaired) electrons. The molecule has 3 aromatic carbocycles. The van der Waals surface area contributed by atoms with Crippen molar-refractivity contribution in [3.05, 3.63) is 100 Å². The van der Waals surface area contributed by atoms with Gasteiger partial charge in [-0.05, 0) is 48.0 Å². The second-order valence-electron chi connectivity index (χ2n) is 7.60. The number of nitrogens with zero attached hydrogens (tertiary/aromatic N) is 2. The van der Waals surface area contributed by atoms with Crippen molar-refractivity contribution in [2.24, 2.45) is 0 Å². The predicted octanol–water partition coefficient (Wildman–Crippen LogP) is 5.21. The first-order valence-corrected chi connectivity index (χ1v) is 11.3. The molecule has 2 amide bonds. The van der Waals surface area contributed by atoms with Crippen LogP contribution in [0.15, 0.2) is 66.7 Å². The van der Waals surface area contributed by atoms with E-state index in [-0.39, 0.29) is 24.6 Å². The van der Waals surface area contributed by atoms with Crippen LogP contribution in [0, 0.1) is 11.6 Å². The van der Waals surface area contributed by atoms with Gasteiger partial charge in [0.2, 0.25) is 0 Å². The number of halogens is 3. The molecule has 162 valence electrons. The summed E-state index contributed by atoms with van der Waals surface area (Å²) in [6.45, 7) is 0.461. The number of benzene rings is 3. The zero-order chi connectivity index (χ0) is 22.5. The Balaban J connectivity index is 1.61. The second-order valence-corrected chi connectivity index (χ2v) is 9.30. The number of fused-ring (bicyclic) bond motifs is 2. The fourth-order valence-corrected chi connectivity index (χ4v) is 5.97. The highest BCUT2D eigenvalue weighted by molar-refractivity contribution is 8.01. The van der Waals surface area contributed by atoms with Crippen molar-refractivity contribution in [1.29, 1.82) is 0 Å². The van der Waals surface area contributed by atoms with E-state index < -0.39 is 22.4 Å². The van der Waals surface area contributed by atoms with Crippen LogP contribution in [-0.2, 0) is 16.2 Å². The molecular weight excluding hydrogens is 454 g/mol. The predicted molar refractivity (Wildman–Crippen MR) is 121 cm³/mol. The van der Waals surface area contributed by atoms with Gasteiger partial charge in [0, 0.05) is 28.4 Å². The fraction of sp³-hybridized carbons (Fsp3) is 0.167. The Kier molecular flexibility index (Phi) is 5.18. The summed E-state index contributed by atoms with van der Waals surface area (Å²) < 4.78 is 28.1. The highest BCUT2D eigenvalue weighted by Gasteiger charge is 2.59. The van der Waals surface area contributed by atoms with Gasteiger partial charge in [-0.15, -0.1) is 11.8 Å². The van der Waals surface area contributed by atoms with Crippen LogP contribution >= 0.6 is 23.4 Å². The Bertz CT molecular complexity index is 1250. The number of rotatable bonds is 3. The van der Waals surface area contributed by atoms with Gasteiger partial charge in [-0.3, -0.25) is 9.59 Å². The normalized spacial score (nSPS) is 19.7. The maximum Gasteiger partial charge on any atom is 0.268 e. The first-order valence-electron chi connectivity index (χ1n) is 9.99. The van der Waals surface area contributed by atoms with Gasteiger partial charge in [-0.25, -0.2) is 8.78 Å². The highest BCUT2D eigenvalue weighted by atomic mass is 35.5. The van der Waals surface area contributed by atoms with Crippen molar-refractivity contribution in [1.82, 2.24) is 4.90 Å². The molecule has 1 spiro atoms. The van der Waals surface area contributed by atoms with Crippen molar-refractivity contribution in [3.63, 3.8) is 0 Å². The third-order valence-corrected chi connectivity index (χ3v) is 7.55. The van der Waals surface area contributed by atoms with Gasteiger partial charge in [-0.2, -0.15) is 0 Å². The molecule has 0 saturated carbocycles. The maximum atomic E-state index is 14.3. The Hall–Kier alpha value is -2.90. The molecule has 0 aromatic heterocycles. The number of carbonyl (C=O) groups is 2. The lowest BCUT2D eigenvalue weighted by Crippen LogP contribution is -2.50. The Labute approximate surface area is 192 Å². The van der Waals surface area contributed by atoms with Gasteiger partial charge >= 0.3 is 0 Å². The SMILES string of the molecule is O=C(c1cccc(F)c1)N1CCSC12C(=O)N(Cc1ccccc1Cl)c1ccc(F)cc12. The smallest absolute Gasteiger partial charge is 0.268 e. The quantitative estimate of drug-likeness (QED) is 0.528. The molecule has 0 aliphatic carbocycles. The van der Waals surface area contributed by atoms with Gasteiger partial charge in [-0.1, -0.05) is 35.9 Å². The minimum absolute atomic E-state index is 0.141. The number of hydrogen-bond acceptors (Lipinski definition) is 3. The molecular formula is C24H17ClF2N2O2S. The number of carbonyl (C=O) groups excluding carboxylic acids is 2. The van der Waals surface area contributed by atoms with Crippen molar-refractivity contribution in [2.75, 3.05) is 17.2 Å². The van der Waals surface area contributed by atoms with E-state index in [2.05, 4.69) is 0 Å². The standard InChI is InChI=1S/C24H17ClF2N2O2S/c25-20-7-2-1-4-16(20)14-28-21-9-8-18(27)13-19(21)24(23(28)31)29(10-11-32-24)22(30)15-5-3-6-17(26)12-15/h1-9,12-13H,10-11,14H2. The Morgan fingerprint density at radius 3 is 2.59 bits per heavy atom. The van der Waals surface area contributed by atoms with Gasteiger partial charge in [0.1, 0.15) is 11.6 Å². The average Bonchev–Trinajstić information content (AvgIpc) is 3.32. The maximum absolute atomic E-state index is 14.3. The number of anilines is 1. The van der Waals surface area contributed by atoms with E-state index in [9.17, 15) is 18.4 Å². The van der Waals surface area contributed by atoms with E-state index in [0.29, 0.717) is 22.0 Å². The lowest BCUT2D eigenvalue weighted by Gasteiger charge is -2.33. The van der Waals surface area contributed by atoms with E-state index >= 15 is 0 Å². The molecule has 3 aromatic rings. The third-order valence-electron chi connectivity index (χ3n) is 5.76. The molecule has 2 aliphatic heterocycles. The summed E-state index contributed by atoms with van der Waals surface area (Å²) in [6, 6.07) is 16.7. The molecule has 8 heteroatoms. The van der Waals surface area contributed by atoms with E-state index in [1.54, 1.807) is 23.1 Å². The van der Waals surface area contributed by atoms with Crippen LogP contribution in [-0.4, -0.2) is 29.0 Å². The summed E-state index contributed by atoms with van der Waals surface area (Å²) in [5.74, 6) is -1.37. The Morgan fingerprint density at radius 2 is 1.81 bits per heavy atom. The molecule has 1 unspecified atom stereocenters. The zero-order valence-electron chi connectivity index (χ0n) is 16.7. The van der Waals surface area contributed by atoms with Crippen LogP contribution in [0.4, 0.5) is 14.5 Å². The first kappa shape index (κ1) is 21.0. The summed E-state index contributed by atoms with van der Waals surface area (Å²) in [6.07, 6.45) is 0. The lowest BCUT2D eigenvalue weighted by molar-refractivity contribution is -0.123. The molecule has 2 aliphatic rings. The summed E-state index contributed by atoms with van der Waals surface area (Å²) in [5.41, 5.74) is 1.83. The third kappa shape index (κ3) is 3.19. The van der Waals surface area contributed by atoms with Gasteiger partial charge in [0.25, 0.3) is 11.8 Å². The Morgan fingerprint density at radius 1 is 1.03 bits per heavy atom. The van der Waals surface area contributed by atoms with Crippen LogP contribution in [0.1, 0.15) is 21.5 Å². The largest absolute Gasteiger partial charge is 0.311 e. The van der Waals surface area contributed by atoms with E-state index in [1.165, 1.54) is 47.0 Å². The van der Waals surface area contributed by atoms with Gasteiger partial charge < -0.3 is 9.80 Å². The van der Waals surface area contributed by atoms with Crippen molar-refractivity contribution in [2.45, 2.75) is 11.4 Å². The van der Waals surface area contributed by atoms with Gasteiger partial charge in [0.05, 0.1) is 12.2 Å². The number of amides is 2. The molecule has 0 bridgehead atoms. The summed E-state index contributed by atoms with van der Waals surface area (Å²) in [4.78, 5) is 28.8. The molecule has 5 rings (SSSR count). The molecule has 0 N–H and O–H groups in total. The molecule has 1 fully saturated rings. The molecule has 2 heterocycles. The molecule has 32 heavy (non-hydrogen) atoms. The second kappa shape index (κ2) is 7.90. The monoisotopic (exact) mass is 470 g/mol. The van der Waals surface area contributed by atoms with Crippen LogP contribution in [0.3, 0.4) is 0 Å². The van der Waals surface area contributed by atoms with Crippen molar-refractivity contribution < 1.29 is 18.4 Å². The highest BCUT2D eigenvalue weighted by Crippen LogP contribution is 2.55. The zero-order valence-corrected chi connectivity index (χ0v) is 18.3. The van der Waals surface area contributed by atoms with E-state index in [0.717, 1.165) is 11.6 Å². The van der Waals surface area contributed by atoms with Crippen LogP contribution in [0.25, 0.3) is 0 Å². The molecule has 1 atom stereocenters. The minimum atomic E-state index is -1.41. The summed E-state index contributed by atoms with van der Waals surface area (Å²) >= 11 is 7.61. The first-order chi connectivity index (χ1) is 15.4. The molecule has 1 saturated heterocycles. The van der Waals surface area contributed by atoms with Gasteiger partial charge in [0.15, 0.2) is 4.87 Å². The topological polar surface area (TPSA) is 40.6 Å². The van der Waals surface area contributed by atoms with E-state index in [4.69, 9.17) is 11.6 Å².